The molecule has 1 aromatic rings. The van der Waals surface area contributed by atoms with Crippen LogP contribution in [0.25, 0.3) is 6.08 Å². The molecule has 0 aromatic heterocycles. The summed E-state index contributed by atoms with van der Waals surface area (Å²) in [6, 6.07) is 8.78. The first-order valence-electron chi connectivity index (χ1n) is 6.08. The minimum Gasteiger partial charge on any atom is -0.0764 e. The molecule has 1 aromatic carbocycles. The lowest BCUT2D eigenvalue weighted by atomic mass is 9.89. The van der Waals surface area contributed by atoms with Crippen LogP contribution >= 0.6 is 0 Å². The van der Waals surface area contributed by atoms with Crippen LogP contribution in [0.2, 0.25) is 0 Å². The molecule has 0 radical (unpaired) electrons. The third-order valence-electron chi connectivity index (χ3n) is 3.34. The highest BCUT2D eigenvalue weighted by Gasteiger charge is 2.18. The van der Waals surface area contributed by atoms with E-state index in [1.807, 2.05) is 0 Å². The zero-order valence-corrected chi connectivity index (χ0v) is 9.74. The standard InChI is InChI=1S/C15H20/c1-3-6-12(2)11-14-10-9-13-7-4-5-8-15(13)14/h4-5,7-10,12,14H,3,6,11H2,1-2H3. The van der Waals surface area contributed by atoms with Crippen molar-refractivity contribution in [2.45, 2.75) is 39.0 Å². The van der Waals surface area contributed by atoms with Crippen LogP contribution in [0.1, 0.15) is 50.2 Å². The number of rotatable bonds is 4. The van der Waals surface area contributed by atoms with Crippen LogP contribution in [0.5, 0.6) is 0 Å². The topological polar surface area (TPSA) is 0 Å². The maximum Gasteiger partial charge on any atom is 0.00297 e. The van der Waals surface area contributed by atoms with E-state index in [-0.39, 0.29) is 0 Å². The fourth-order valence-corrected chi connectivity index (χ4v) is 2.57. The van der Waals surface area contributed by atoms with Crippen LogP contribution in [0, 0.1) is 5.92 Å². The Kier molecular flexibility index (Phi) is 3.25. The molecular formula is C15H20. The molecule has 0 aliphatic heterocycles. The SMILES string of the molecule is CCCC(C)CC1C=Cc2ccccc21. The Bertz CT molecular complexity index is 349. The van der Waals surface area contributed by atoms with Gasteiger partial charge in [-0.2, -0.15) is 0 Å². The first-order valence-corrected chi connectivity index (χ1v) is 6.08. The molecule has 2 rings (SSSR count). The van der Waals surface area contributed by atoms with E-state index >= 15 is 0 Å². The lowest BCUT2D eigenvalue weighted by Crippen LogP contribution is -2.01. The van der Waals surface area contributed by atoms with E-state index in [1.165, 1.54) is 30.4 Å². The van der Waals surface area contributed by atoms with Gasteiger partial charge in [-0.1, -0.05) is 63.1 Å². The number of hydrogen-bond donors (Lipinski definition) is 0. The first-order chi connectivity index (χ1) is 7.31. The van der Waals surface area contributed by atoms with Crippen LogP contribution < -0.4 is 0 Å². The van der Waals surface area contributed by atoms with E-state index in [4.69, 9.17) is 0 Å². The second kappa shape index (κ2) is 4.65. The van der Waals surface area contributed by atoms with Crippen LogP contribution in [0.15, 0.2) is 30.3 Å². The normalized spacial score (nSPS) is 20.3. The molecule has 0 fully saturated rings. The Hall–Kier alpha value is -1.04. The third kappa shape index (κ3) is 2.31. The second-order valence-corrected chi connectivity index (χ2v) is 4.72. The van der Waals surface area contributed by atoms with Crippen molar-refractivity contribution in [2.75, 3.05) is 0 Å². The van der Waals surface area contributed by atoms with Gasteiger partial charge in [0.25, 0.3) is 0 Å². The molecule has 15 heavy (non-hydrogen) atoms. The fourth-order valence-electron chi connectivity index (χ4n) is 2.57. The summed E-state index contributed by atoms with van der Waals surface area (Å²) < 4.78 is 0. The van der Waals surface area contributed by atoms with Crippen molar-refractivity contribution in [1.82, 2.24) is 0 Å². The van der Waals surface area contributed by atoms with Gasteiger partial charge < -0.3 is 0 Å². The monoisotopic (exact) mass is 200 g/mol. The van der Waals surface area contributed by atoms with Crippen molar-refractivity contribution in [2.24, 2.45) is 5.92 Å². The summed E-state index contributed by atoms with van der Waals surface area (Å²) in [6.07, 6.45) is 8.61. The van der Waals surface area contributed by atoms with Gasteiger partial charge in [-0.15, -0.1) is 0 Å². The summed E-state index contributed by atoms with van der Waals surface area (Å²) in [5.74, 6) is 1.51. The van der Waals surface area contributed by atoms with Gasteiger partial charge in [0.1, 0.15) is 0 Å². The van der Waals surface area contributed by atoms with E-state index in [0.717, 1.165) is 5.92 Å². The van der Waals surface area contributed by atoms with E-state index in [1.54, 1.807) is 0 Å². The van der Waals surface area contributed by atoms with Crippen molar-refractivity contribution in [3.05, 3.63) is 41.5 Å². The Morgan fingerprint density at radius 1 is 1.27 bits per heavy atom. The Balaban J connectivity index is 2.05. The summed E-state index contributed by atoms with van der Waals surface area (Å²) in [7, 11) is 0. The van der Waals surface area contributed by atoms with Gasteiger partial charge in [-0.3, -0.25) is 0 Å². The number of hydrogen-bond acceptors (Lipinski definition) is 0. The molecule has 0 saturated heterocycles. The predicted octanol–water partition coefficient (Wildman–Crippen LogP) is 4.62. The summed E-state index contributed by atoms with van der Waals surface area (Å²) in [6.45, 7) is 4.65. The first kappa shape index (κ1) is 10.5. The lowest BCUT2D eigenvalue weighted by Gasteiger charge is -2.16. The van der Waals surface area contributed by atoms with Crippen molar-refractivity contribution in [1.29, 1.82) is 0 Å². The Morgan fingerprint density at radius 2 is 2.07 bits per heavy atom. The summed E-state index contributed by atoms with van der Waals surface area (Å²) in [5.41, 5.74) is 2.95. The van der Waals surface area contributed by atoms with Gasteiger partial charge >= 0.3 is 0 Å². The van der Waals surface area contributed by atoms with Gasteiger partial charge in [0, 0.05) is 5.92 Å². The zero-order valence-electron chi connectivity index (χ0n) is 9.74. The maximum absolute atomic E-state index is 2.37. The molecule has 0 saturated carbocycles. The van der Waals surface area contributed by atoms with Crippen molar-refractivity contribution >= 4 is 6.08 Å². The number of benzene rings is 1. The van der Waals surface area contributed by atoms with Crippen molar-refractivity contribution in [3.63, 3.8) is 0 Å². The molecule has 0 heteroatoms. The molecule has 1 aliphatic carbocycles. The Labute approximate surface area is 93.0 Å². The van der Waals surface area contributed by atoms with Gasteiger partial charge in [-0.05, 0) is 23.5 Å². The van der Waals surface area contributed by atoms with Crippen molar-refractivity contribution in [3.8, 4) is 0 Å². The number of fused-ring (bicyclic) bond motifs is 1. The molecule has 0 spiro atoms. The van der Waals surface area contributed by atoms with Gasteiger partial charge in [0.2, 0.25) is 0 Å². The molecule has 0 nitrogen and oxygen atoms in total. The number of allylic oxidation sites excluding steroid dienone is 1. The summed E-state index contributed by atoms with van der Waals surface area (Å²) >= 11 is 0. The fraction of sp³-hybridized carbons (Fsp3) is 0.467. The minimum atomic E-state index is 0.669. The molecule has 0 N–H and O–H groups in total. The summed E-state index contributed by atoms with van der Waals surface area (Å²) in [5, 5.41) is 0. The molecule has 80 valence electrons. The van der Waals surface area contributed by atoms with E-state index in [0.29, 0.717) is 5.92 Å². The van der Waals surface area contributed by atoms with Gasteiger partial charge in [0.05, 0.1) is 0 Å². The van der Waals surface area contributed by atoms with Crippen molar-refractivity contribution < 1.29 is 0 Å². The highest BCUT2D eigenvalue weighted by molar-refractivity contribution is 5.62. The average Bonchev–Trinajstić information content (AvgIpc) is 2.62. The molecule has 1 aliphatic rings. The van der Waals surface area contributed by atoms with Crippen LogP contribution in [-0.2, 0) is 0 Å². The third-order valence-corrected chi connectivity index (χ3v) is 3.34. The quantitative estimate of drug-likeness (QED) is 0.665. The van der Waals surface area contributed by atoms with Gasteiger partial charge in [-0.25, -0.2) is 0 Å². The van der Waals surface area contributed by atoms with Crippen LogP contribution in [-0.4, -0.2) is 0 Å². The Morgan fingerprint density at radius 3 is 2.87 bits per heavy atom. The minimum absolute atomic E-state index is 0.669. The van der Waals surface area contributed by atoms with E-state index in [2.05, 4.69) is 50.3 Å². The molecule has 0 heterocycles. The predicted molar refractivity (Wildman–Crippen MR) is 66.9 cm³/mol. The highest BCUT2D eigenvalue weighted by Crippen LogP contribution is 2.35. The largest absolute Gasteiger partial charge is 0.0764 e. The van der Waals surface area contributed by atoms with E-state index in [9.17, 15) is 0 Å². The molecular weight excluding hydrogens is 180 g/mol. The smallest absolute Gasteiger partial charge is 0.00297 e. The molecule has 2 unspecified atom stereocenters. The second-order valence-electron chi connectivity index (χ2n) is 4.72. The molecule has 0 amide bonds. The highest BCUT2D eigenvalue weighted by atomic mass is 14.2. The maximum atomic E-state index is 2.37. The van der Waals surface area contributed by atoms with E-state index < -0.39 is 0 Å². The lowest BCUT2D eigenvalue weighted by molar-refractivity contribution is 0.466. The van der Waals surface area contributed by atoms with Crippen LogP contribution in [0.4, 0.5) is 0 Å². The van der Waals surface area contributed by atoms with Crippen LogP contribution in [0.3, 0.4) is 0 Å². The van der Waals surface area contributed by atoms with Gasteiger partial charge in [0.15, 0.2) is 0 Å². The summed E-state index contributed by atoms with van der Waals surface area (Å²) in [4.78, 5) is 0. The molecule has 0 bridgehead atoms. The zero-order chi connectivity index (χ0) is 10.7. The average molecular weight is 200 g/mol. The molecule has 2 atom stereocenters.